The lowest BCUT2D eigenvalue weighted by Gasteiger charge is -2.32. The number of nitrogens with one attached hydrogen (secondary N) is 2. The standard InChI is InChI=1S/C18H27N3O2S/c1-14(2)13-21-10-8-16(9-11-21)20-18(22)19-12-15-4-6-17(7-5-15)24(3)23/h4-7,16H,1,8-13H2,2-3H3,(H2,19,20,22)/t24-/m1/s1. The molecule has 2 amide bonds. The van der Waals surface area contributed by atoms with Gasteiger partial charge in [0.2, 0.25) is 0 Å². The third-order valence-corrected chi connectivity index (χ3v) is 5.06. The van der Waals surface area contributed by atoms with E-state index in [4.69, 9.17) is 0 Å². The zero-order valence-corrected chi connectivity index (χ0v) is 15.3. The molecular weight excluding hydrogens is 322 g/mol. The van der Waals surface area contributed by atoms with E-state index in [1.165, 1.54) is 5.57 Å². The summed E-state index contributed by atoms with van der Waals surface area (Å²) in [6, 6.07) is 7.57. The van der Waals surface area contributed by atoms with Crippen LogP contribution in [-0.2, 0) is 17.3 Å². The number of likely N-dealkylation sites (tertiary alicyclic amines) is 1. The number of carbonyl (C=O) groups excluding carboxylic acids is 1. The van der Waals surface area contributed by atoms with E-state index in [9.17, 15) is 9.00 Å². The van der Waals surface area contributed by atoms with Crippen molar-refractivity contribution in [2.45, 2.75) is 37.2 Å². The molecule has 0 aromatic heterocycles. The van der Waals surface area contributed by atoms with E-state index in [1.54, 1.807) is 6.26 Å². The van der Waals surface area contributed by atoms with Crippen molar-refractivity contribution in [2.75, 3.05) is 25.9 Å². The van der Waals surface area contributed by atoms with E-state index < -0.39 is 10.8 Å². The minimum absolute atomic E-state index is 0.128. The molecule has 132 valence electrons. The van der Waals surface area contributed by atoms with Crippen molar-refractivity contribution in [3.05, 3.63) is 42.0 Å². The minimum atomic E-state index is -0.971. The zero-order valence-electron chi connectivity index (χ0n) is 14.5. The summed E-state index contributed by atoms with van der Waals surface area (Å²) in [5.74, 6) is 0. The Bertz CT molecular complexity index is 593. The number of carbonyl (C=O) groups is 1. The summed E-state index contributed by atoms with van der Waals surface area (Å²) < 4.78 is 11.3. The lowest BCUT2D eigenvalue weighted by atomic mass is 10.0. The van der Waals surface area contributed by atoms with Gasteiger partial charge in [-0.15, -0.1) is 0 Å². The highest BCUT2D eigenvalue weighted by molar-refractivity contribution is 7.84. The molecule has 2 rings (SSSR count). The van der Waals surface area contributed by atoms with Crippen LogP contribution in [0.25, 0.3) is 0 Å². The number of benzene rings is 1. The van der Waals surface area contributed by atoms with Gasteiger partial charge in [-0.3, -0.25) is 9.11 Å². The zero-order chi connectivity index (χ0) is 17.5. The second kappa shape index (κ2) is 8.99. The molecule has 1 atom stereocenters. The van der Waals surface area contributed by atoms with Crippen molar-refractivity contribution in [3.8, 4) is 0 Å². The van der Waals surface area contributed by atoms with Crippen LogP contribution in [0.3, 0.4) is 0 Å². The van der Waals surface area contributed by atoms with Crippen molar-refractivity contribution in [3.63, 3.8) is 0 Å². The van der Waals surface area contributed by atoms with Crippen LogP contribution in [0.15, 0.2) is 41.3 Å². The fourth-order valence-electron chi connectivity index (χ4n) is 2.83. The summed E-state index contributed by atoms with van der Waals surface area (Å²) >= 11 is 0. The lowest BCUT2D eigenvalue weighted by Crippen LogP contribution is -2.47. The summed E-state index contributed by atoms with van der Waals surface area (Å²) in [4.78, 5) is 15.2. The smallest absolute Gasteiger partial charge is 0.315 e. The number of hydrogen-bond acceptors (Lipinski definition) is 3. The van der Waals surface area contributed by atoms with Crippen molar-refractivity contribution in [2.24, 2.45) is 0 Å². The molecule has 1 heterocycles. The Morgan fingerprint density at radius 2 is 1.92 bits per heavy atom. The predicted octanol–water partition coefficient (Wildman–Crippen LogP) is 2.26. The van der Waals surface area contributed by atoms with E-state index in [0.717, 1.165) is 42.9 Å². The summed E-state index contributed by atoms with van der Waals surface area (Å²) in [5.41, 5.74) is 2.17. The Kier molecular flexibility index (Phi) is 6.99. The molecule has 0 bridgehead atoms. The average molecular weight is 350 g/mol. The molecule has 5 nitrogen and oxygen atoms in total. The van der Waals surface area contributed by atoms with Gasteiger partial charge < -0.3 is 10.6 Å². The van der Waals surface area contributed by atoms with Gasteiger partial charge in [0.25, 0.3) is 0 Å². The van der Waals surface area contributed by atoms with E-state index in [-0.39, 0.29) is 12.1 Å². The van der Waals surface area contributed by atoms with Gasteiger partial charge in [0.15, 0.2) is 0 Å². The van der Waals surface area contributed by atoms with Crippen LogP contribution in [0.1, 0.15) is 25.3 Å². The van der Waals surface area contributed by atoms with Gasteiger partial charge in [-0.1, -0.05) is 24.3 Å². The fraction of sp³-hybridized carbons (Fsp3) is 0.500. The molecule has 1 aromatic carbocycles. The Hall–Kier alpha value is -1.66. The first kappa shape index (κ1) is 18.7. The van der Waals surface area contributed by atoms with E-state index in [0.29, 0.717) is 6.54 Å². The van der Waals surface area contributed by atoms with Crippen molar-refractivity contribution in [1.82, 2.24) is 15.5 Å². The molecule has 0 unspecified atom stereocenters. The van der Waals surface area contributed by atoms with Crippen LogP contribution in [0.5, 0.6) is 0 Å². The second-order valence-corrected chi connectivity index (χ2v) is 7.81. The largest absolute Gasteiger partial charge is 0.335 e. The summed E-state index contributed by atoms with van der Waals surface area (Å²) in [7, 11) is -0.971. The van der Waals surface area contributed by atoms with Crippen LogP contribution in [0.4, 0.5) is 4.79 Å². The van der Waals surface area contributed by atoms with E-state index in [1.807, 2.05) is 31.2 Å². The predicted molar refractivity (Wildman–Crippen MR) is 98.4 cm³/mol. The Morgan fingerprint density at radius 3 is 2.46 bits per heavy atom. The van der Waals surface area contributed by atoms with Gasteiger partial charge in [-0.25, -0.2) is 4.79 Å². The van der Waals surface area contributed by atoms with Gasteiger partial charge in [0, 0.05) is 54.2 Å². The maximum Gasteiger partial charge on any atom is 0.315 e. The first-order valence-corrected chi connectivity index (χ1v) is 9.83. The van der Waals surface area contributed by atoms with Crippen LogP contribution in [0.2, 0.25) is 0 Å². The minimum Gasteiger partial charge on any atom is -0.335 e. The highest BCUT2D eigenvalue weighted by atomic mass is 32.2. The Morgan fingerprint density at radius 1 is 1.29 bits per heavy atom. The number of amides is 2. The molecule has 6 heteroatoms. The number of hydrogen-bond donors (Lipinski definition) is 2. The van der Waals surface area contributed by atoms with E-state index >= 15 is 0 Å². The topological polar surface area (TPSA) is 61.4 Å². The average Bonchev–Trinajstić information content (AvgIpc) is 2.54. The van der Waals surface area contributed by atoms with Crippen LogP contribution < -0.4 is 10.6 Å². The van der Waals surface area contributed by atoms with E-state index in [2.05, 4.69) is 22.1 Å². The van der Waals surface area contributed by atoms with Gasteiger partial charge >= 0.3 is 6.03 Å². The van der Waals surface area contributed by atoms with Crippen LogP contribution in [0, 0.1) is 0 Å². The van der Waals surface area contributed by atoms with Crippen molar-refractivity contribution in [1.29, 1.82) is 0 Å². The molecule has 24 heavy (non-hydrogen) atoms. The first-order valence-electron chi connectivity index (χ1n) is 8.27. The summed E-state index contributed by atoms with van der Waals surface area (Å²) in [5, 5.41) is 5.93. The van der Waals surface area contributed by atoms with Crippen LogP contribution in [-0.4, -0.2) is 47.1 Å². The third kappa shape index (κ3) is 6.09. The Labute approximate surface area is 147 Å². The quantitative estimate of drug-likeness (QED) is 0.775. The molecule has 0 spiro atoms. The second-order valence-electron chi connectivity index (χ2n) is 6.43. The maximum absolute atomic E-state index is 12.0. The molecule has 0 aliphatic carbocycles. The highest BCUT2D eigenvalue weighted by Gasteiger charge is 2.20. The third-order valence-electron chi connectivity index (χ3n) is 4.12. The van der Waals surface area contributed by atoms with Gasteiger partial charge in [0.05, 0.1) is 0 Å². The lowest BCUT2D eigenvalue weighted by molar-refractivity contribution is 0.201. The molecule has 2 N–H and O–H groups in total. The molecule has 1 fully saturated rings. The van der Waals surface area contributed by atoms with Gasteiger partial charge in [0.1, 0.15) is 0 Å². The fourth-order valence-corrected chi connectivity index (χ4v) is 3.35. The summed E-state index contributed by atoms with van der Waals surface area (Å²) in [6.07, 6.45) is 3.60. The first-order chi connectivity index (χ1) is 11.4. The number of nitrogens with zero attached hydrogens (tertiary/aromatic N) is 1. The number of rotatable bonds is 6. The number of piperidine rings is 1. The monoisotopic (exact) mass is 349 g/mol. The van der Waals surface area contributed by atoms with Gasteiger partial charge in [-0.2, -0.15) is 0 Å². The van der Waals surface area contributed by atoms with Crippen molar-refractivity contribution < 1.29 is 9.00 Å². The normalized spacial score (nSPS) is 17.2. The Balaban J connectivity index is 1.70. The summed E-state index contributed by atoms with van der Waals surface area (Å²) in [6.45, 7) is 9.39. The molecule has 0 radical (unpaired) electrons. The number of urea groups is 1. The maximum atomic E-state index is 12.0. The molecular formula is C18H27N3O2S. The molecule has 1 saturated heterocycles. The van der Waals surface area contributed by atoms with Gasteiger partial charge in [-0.05, 0) is 37.5 Å². The highest BCUT2D eigenvalue weighted by Crippen LogP contribution is 2.11. The van der Waals surface area contributed by atoms with Crippen LogP contribution >= 0.6 is 0 Å². The molecule has 0 saturated carbocycles. The molecule has 1 aliphatic rings. The molecule has 1 aromatic rings. The SMILES string of the molecule is C=C(C)CN1CCC(NC(=O)NCc2ccc([S@@](C)=O)cc2)CC1. The van der Waals surface area contributed by atoms with Crippen molar-refractivity contribution >= 4 is 16.8 Å². The molecule has 1 aliphatic heterocycles.